The topological polar surface area (TPSA) is 57.6 Å². The first-order chi connectivity index (χ1) is 9.95. The number of rotatable bonds is 5. The standard InChI is InChI=1S/C15H17F2NO3/c1-2-18(8-11-12(16)4-3-5-13(11)17)14(19)9-6-7-10(9)15(20)21/h3-5,9-10H,2,6-8H2,1H3,(H,20,21). The van der Waals surface area contributed by atoms with Crippen LogP contribution in [0.25, 0.3) is 0 Å². The first kappa shape index (κ1) is 15.4. The fourth-order valence-corrected chi connectivity index (χ4v) is 2.55. The molecule has 1 amide bonds. The van der Waals surface area contributed by atoms with Crippen LogP contribution in [-0.2, 0) is 16.1 Å². The Bertz CT molecular complexity index is 542. The van der Waals surface area contributed by atoms with Gasteiger partial charge in [-0.3, -0.25) is 9.59 Å². The first-order valence-corrected chi connectivity index (χ1v) is 6.90. The van der Waals surface area contributed by atoms with Gasteiger partial charge in [0.25, 0.3) is 0 Å². The Kier molecular flexibility index (Phi) is 4.55. The summed E-state index contributed by atoms with van der Waals surface area (Å²) in [5, 5.41) is 8.99. The largest absolute Gasteiger partial charge is 0.481 e. The van der Waals surface area contributed by atoms with Gasteiger partial charge in [-0.05, 0) is 31.9 Å². The third-order valence-electron chi connectivity index (χ3n) is 4.01. The van der Waals surface area contributed by atoms with Crippen LogP contribution in [0.4, 0.5) is 8.78 Å². The first-order valence-electron chi connectivity index (χ1n) is 6.90. The van der Waals surface area contributed by atoms with Crippen molar-refractivity contribution in [1.29, 1.82) is 0 Å². The summed E-state index contributed by atoms with van der Waals surface area (Å²) in [6.45, 7) is 1.79. The van der Waals surface area contributed by atoms with Crippen molar-refractivity contribution in [3.63, 3.8) is 0 Å². The van der Waals surface area contributed by atoms with E-state index in [4.69, 9.17) is 5.11 Å². The van der Waals surface area contributed by atoms with E-state index in [1.807, 2.05) is 0 Å². The van der Waals surface area contributed by atoms with Crippen molar-refractivity contribution >= 4 is 11.9 Å². The molecule has 1 aromatic rings. The molecule has 1 N–H and O–H groups in total. The summed E-state index contributed by atoms with van der Waals surface area (Å²) in [5.74, 6) is -4.02. The zero-order valence-electron chi connectivity index (χ0n) is 11.7. The molecule has 0 saturated heterocycles. The maximum Gasteiger partial charge on any atom is 0.307 e. The van der Waals surface area contributed by atoms with Crippen molar-refractivity contribution in [1.82, 2.24) is 4.90 Å². The lowest BCUT2D eigenvalue weighted by molar-refractivity contribution is -0.156. The van der Waals surface area contributed by atoms with Gasteiger partial charge in [-0.25, -0.2) is 8.78 Å². The summed E-state index contributed by atoms with van der Waals surface area (Å²) < 4.78 is 27.3. The molecule has 0 spiro atoms. The molecule has 1 aromatic carbocycles. The molecule has 0 radical (unpaired) electrons. The molecule has 114 valence electrons. The molecule has 1 saturated carbocycles. The van der Waals surface area contributed by atoms with Gasteiger partial charge in [0.15, 0.2) is 0 Å². The molecule has 2 unspecified atom stereocenters. The number of hydrogen-bond donors (Lipinski definition) is 1. The minimum atomic E-state index is -0.993. The third kappa shape index (κ3) is 3.04. The van der Waals surface area contributed by atoms with E-state index in [-0.39, 0.29) is 24.6 Å². The van der Waals surface area contributed by atoms with E-state index in [1.54, 1.807) is 6.92 Å². The van der Waals surface area contributed by atoms with Crippen LogP contribution in [0, 0.1) is 23.5 Å². The molecule has 1 aliphatic carbocycles. The van der Waals surface area contributed by atoms with E-state index >= 15 is 0 Å². The average Bonchev–Trinajstić information content (AvgIpc) is 2.36. The minimum Gasteiger partial charge on any atom is -0.481 e. The van der Waals surface area contributed by atoms with Crippen LogP contribution in [0.5, 0.6) is 0 Å². The molecule has 0 aliphatic heterocycles. The lowest BCUT2D eigenvalue weighted by atomic mass is 9.73. The second kappa shape index (κ2) is 6.20. The lowest BCUT2D eigenvalue weighted by Gasteiger charge is -2.36. The highest BCUT2D eigenvalue weighted by molar-refractivity contribution is 5.86. The van der Waals surface area contributed by atoms with Crippen LogP contribution in [0.2, 0.25) is 0 Å². The predicted octanol–water partition coefficient (Wildman–Crippen LogP) is 2.42. The van der Waals surface area contributed by atoms with E-state index in [2.05, 4.69) is 0 Å². The van der Waals surface area contributed by atoms with Crippen molar-refractivity contribution in [2.45, 2.75) is 26.3 Å². The van der Waals surface area contributed by atoms with E-state index in [1.165, 1.54) is 11.0 Å². The molecule has 2 atom stereocenters. The maximum absolute atomic E-state index is 13.6. The number of aliphatic carboxylic acids is 1. The summed E-state index contributed by atoms with van der Waals surface area (Å²) >= 11 is 0. The van der Waals surface area contributed by atoms with E-state index in [0.717, 1.165) is 12.1 Å². The summed E-state index contributed by atoms with van der Waals surface area (Å²) in [5.41, 5.74) is -0.168. The number of carboxylic acids is 1. The van der Waals surface area contributed by atoms with Crippen molar-refractivity contribution in [3.05, 3.63) is 35.4 Å². The zero-order chi connectivity index (χ0) is 15.6. The van der Waals surface area contributed by atoms with Crippen LogP contribution in [0.3, 0.4) is 0 Å². The van der Waals surface area contributed by atoms with Gasteiger partial charge in [-0.1, -0.05) is 6.07 Å². The second-order valence-electron chi connectivity index (χ2n) is 5.18. The van der Waals surface area contributed by atoms with Gasteiger partial charge < -0.3 is 10.0 Å². The molecule has 1 fully saturated rings. The number of carbonyl (C=O) groups excluding carboxylic acids is 1. The SMILES string of the molecule is CCN(Cc1c(F)cccc1F)C(=O)C1CCC1C(=O)O. The Labute approximate surface area is 121 Å². The number of hydrogen-bond acceptors (Lipinski definition) is 2. The predicted molar refractivity (Wildman–Crippen MR) is 71.3 cm³/mol. The Morgan fingerprint density at radius 2 is 1.81 bits per heavy atom. The number of benzene rings is 1. The van der Waals surface area contributed by atoms with Gasteiger partial charge in [0.2, 0.25) is 5.91 Å². The molecular weight excluding hydrogens is 280 g/mol. The van der Waals surface area contributed by atoms with Crippen LogP contribution < -0.4 is 0 Å². The molecule has 1 aliphatic rings. The number of nitrogens with zero attached hydrogens (tertiary/aromatic N) is 1. The normalized spacial score (nSPS) is 20.7. The molecule has 2 rings (SSSR count). The lowest BCUT2D eigenvalue weighted by Crippen LogP contribution is -2.46. The Morgan fingerprint density at radius 3 is 2.24 bits per heavy atom. The number of carboxylic acid groups (broad SMARTS) is 1. The number of carbonyl (C=O) groups is 2. The minimum absolute atomic E-state index is 0.168. The van der Waals surface area contributed by atoms with E-state index < -0.39 is 29.4 Å². The van der Waals surface area contributed by atoms with Gasteiger partial charge in [-0.15, -0.1) is 0 Å². The Balaban J connectivity index is 2.13. The van der Waals surface area contributed by atoms with Crippen molar-refractivity contribution in [2.24, 2.45) is 11.8 Å². The summed E-state index contributed by atoms with van der Waals surface area (Å²) in [4.78, 5) is 24.6. The molecule has 21 heavy (non-hydrogen) atoms. The molecule has 0 aromatic heterocycles. The highest BCUT2D eigenvalue weighted by Gasteiger charge is 2.43. The highest BCUT2D eigenvalue weighted by atomic mass is 19.1. The monoisotopic (exact) mass is 297 g/mol. The summed E-state index contributed by atoms with van der Waals surface area (Å²) in [6.07, 6.45) is 0.976. The van der Waals surface area contributed by atoms with Crippen LogP contribution >= 0.6 is 0 Å². The average molecular weight is 297 g/mol. The van der Waals surface area contributed by atoms with Gasteiger partial charge in [-0.2, -0.15) is 0 Å². The molecule has 4 nitrogen and oxygen atoms in total. The Morgan fingerprint density at radius 1 is 1.24 bits per heavy atom. The van der Waals surface area contributed by atoms with Crippen LogP contribution in [-0.4, -0.2) is 28.4 Å². The smallest absolute Gasteiger partial charge is 0.307 e. The van der Waals surface area contributed by atoms with E-state index in [0.29, 0.717) is 12.8 Å². The third-order valence-corrected chi connectivity index (χ3v) is 4.01. The number of amides is 1. The van der Waals surface area contributed by atoms with Gasteiger partial charge in [0.05, 0.1) is 18.4 Å². The fourth-order valence-electron chi connectivity index (χ4n) is 2.55. The maximum atomic E-state index is 13.6. The van der Waals surface area contributed by atoms with Crippen LogP contribution in [0.1, 0.15) is 25.3 Å². The quantitative estimate of drug-likeness (QED) is 0.908. The van der Waals surface area contributed by atoms with Gasteiger partial charge >= 0.3 is 5.97 Å². The van der Waals surface area contributed by atoms with Crippen LogP contribution in [0.15, 0.2) is 18.2 Å². The Hall–Kier alpha value is -1.98. The summed E-state index contributed by atoms with van der Waals surface area (Å²) in [6, 6.07) is 3.54. The highest BCUT2D eigenvalue weighted by Crippen LogP contribution is 2.36. The fraction of sp³-hybridized carbons (Fsp3) is 0.467. The molecule has 6 heteroatoms. The summed E-state index contributed by atoms with van der Waals surface area (Å²) in [7, 11) is 0. The second-order valence-corrected chi connectivity index (χ2v) is 5.18. The molecule has 0 heterocycles. The van der Waals surface area contributed by atoms with Crippen molar-refractivity contribution in [2.75, 3.05) is 6.54 Å². The van der Waals surface area contributed by atoms with E-state index in [9.17, 15) is 18.4 Å². The molecule has 0 bridgehead atoms. The van der Waals surface area contributed by atoms with Crippen molar-refractivity contribution in [3.8, 4) is 0 Å². The number of halogens is 2. The zero-order valence-corrected chi connectivity index (χ0v) is 11.7. The van der Waals surface area contributed by atoms with Crippen molar-refractivity contribution < 1.29 is 23.5 Å². The van der Waals surface area contributed by atoms with Gasteiger partial charge in [0, 0.05) is 12.1 Å². The van der Waals surface area contributed by atoms with Gasteiger partial charge in [0.1, 0.15) is 11.6 Å². The molecular formula is C15H17F2NO3.